The number of carbonyl (C=O) groups excluding carboxylic acids is 1. The van der Waals surface area contributed by atoms with Gasteiger partial charge in [-0.05, 0) is 39.0 Å². The molecule has 0 aliphatic heterocycles. The molecule has 1 aliphatic carbocycles. The number of rotatable bonds is 8. The first-order chi connectivity index (χ1) is 9.56. The topological polar surface area (TPSA) is 20.3 Å². The Morgan fingerprint density at radius 1 is 1.10 bits per heavy atom. The Bertz CT molecular complexity index is 269. The molecule has 0 aromatic heterocycles. The Balaban J connectivity index is 2.43. The molecule has 20 heavy (non-hydrogen) atoms. The fourth-order valence-corrected chi connectivity index (χ4v) is 3.47. The molecule has 2 nitrogen and oxygen atoms in total. The van der Waals surface area contributed by atoms with E-state index in [2.05, 4.69) is 32.6 Å². The second-order valence-corrected chi connectivity index (χ2v) is 6.97. The normalized spacial score (nSPS) is 18.2. The van der Waals surface area contributed by atoms with Crippen LogP contribution in [0, 0.1) is 5.92 Å². The number of nitrogens with zero attached hydrogens (tertiary/aromatic N) is 1. The van der Waals surface area contributed by atoms with Crippen LogP contribution >= 0.6 is 0 Å². The number of hydrogen-bond acceptors (Lipinski definition) is 1. The lowest BCUT2D eigenvalue weighted by Gasteiger charge is -2.37. The molecule has 1 unspecified atom stereocenters. The van der Waals surface area contributed by atoms with Crippen LogP contribution in [0.15, 0.2) is 0 Å². The summed E-state index contributed by atoms with van der Waals surface area (Å²) in [4.78, 5) is 14.8. The molecule has 1 atom stereocenters. The van der Waals surface area contributed by atoms with Gasteiger partial charge >= 0.3 is 0 Å². The van der Waals surface area contributed by atoms with Gasteiger partial charge in [0.1, 0.15) is 0 Å². The third kappa shape index (κ3) is 5.85. The van der Waals surface area contributed by atoms with Crippen molar-refractivity contribution in [3.63, 3.8) is 0 Å². The van der Waals surface area contributed by atoms with Crippen LogP contribution in [-0.4, -0.2) is 22.9 Å². The maximum atomic E-state index is 12.6. The maximum absolute atomic E-state index is 12.6. The first-order valence-corrected chi connectivity index (χ1v) is 8.87. The average molecular weight is 281 g/mol. The maximum Gasteiger partial charge on any atom is 0.223 e. The van der Waals surface area contributed by atoms with Gasteiger partial charge < -0.3 is 4.90 Å². The van der Waals surface area contributed by atoms with Crippen LogP contribution in [-0.2, 0) is 4.79 Å². The van der Waals surface area contributed by atoms with E-state index in [0.717, 1.165) is 12.8 Å². The van der Waals surface area contributed by atoms with E-state index >= 15 is 0 Å². The van der Waals surface area contributed by atoms with E-state index in [1.807, 2.05) is 0 Å². The molecule has 1 rings (SSSR count). The Hall–Kier alpha value is -0.530. The van der Waals surface area contributed by atoms with Crippen LogP contribution in [0.25, 0.3) is 0 Å². The SMILES string of the molecule is CCCCC(C)CCC(=O)N(C(C)C)C1CCCCC1. The standard InChI is InChI=1S/C18H35NO/c1-5-6-10-16(4)13-14-18(20)19(15(2)3)17-11-8-7-9-12-17/h15-17H,5-14H2,1-4H3. The molecule has 1 aliphatic rings. The molecule has 0 aromatic rings. The van der Waals surface area contributed by atoms with E-state index in [1.165, 1.54) is 51.4 Å². The van der Waals surface area contributed by atoms with Gasteiger partial charge in [-0.1, -0.05) is 52.4 Å². The van der Waals surface area contributed by atoms with Crippen LogP contribution in [0.5, 0.6) is 0 Å². The predicted octanol–water partition coefficient (Wildman–Crippen LogP) is 5.16. The molecule has 1 amide bonds. The van der Waals surface area contributed by atoms with E-state index in [4.69, 9.17) is 0 Å². The fourth-order valence-electron chi connectivity index (χ4n) is 3.47. The van der Waals surface area contributed by atoms with Crippen LogP contribution in [0.1, 0.15) is 91.9 Å². The summed E-state index contributed by atoms with van der Waals surface area (Å²) in [6, 6.07) is 0.874. The van der Waals surface area contributed by atoms with E-state index < -0.39 is 0 Å². The molecule has 0 heterocycles. The fraction of sp³-hybridized carbons (Fsp3) is 0.944. The molecule has 0 saturated heterocycles. The summed E-state index contributed by atoms with van der Waals surface area (Å²) in [5.41, 5.74) is 0. The van der Waals surface area contributed by atoms with Crippen LogP contribution in [0.2, 0.25) is 0 Å². The van der Waals surface area contributed by atoms with E-state index in [-0.39, 0.29) is 0 Å². The largest absolute Gasteiger partial charge is 0.337 e. The third-order valence-corrected chi connectivity index (χ3v) is 4.71. The molecule has 118 valence electrons. The zero-order chi connectivity index (χ0) is 15.0. The van der Waals surface area contributed by atoms with Gasteiger partial charge in [-0.2, -0.15) is 0 Å². The third-order valence-electron chi connectivity index (χ3n) is 4.71. The number of amides is 1. The Morgan fingerprint density at radius 3 is 2.30 bits per heavy atom. The van der Waals surface area contributed by atoms with Crippen molar-refractivity contribution in [2.75, 3.05) is 0 Å². The van der Waals surface area contributed by atoms with Crippen LogP contribution in [0.3, 0.4) is 0 Å². The number of carbonyl (C=O) groups is 1. The van der Waals surface area contributed by atoms with Crippen molar-refractivity contribution in [2.45, 2.75) is 104 Å². The van der Waals surface area contributed by atoms with Gasteiger partial charge in [-0.25, -0.2) is 0 Å². The van der Waals surface area contributed by atoms with Crippen molar-refractivity contribution in [1.29, 1.82) is 0 Å². The van der Waals surface area contributed by atoms with Gasteiger partial charge in [0.25, 0.3) is 0 Å². The van der Waals surface area contributed by atoms with Gasteiger partial charge in [0.15, 0.2) is 0 Å². The number of hydrogen-bond donors (Lipinski definition) is 0. The van der Waals surface area contributed by atoms with Crippen molar-refractivity contribution >= 4 is 5.91 Å². The minimum atomic E-state index is 0.358. The van der Waals surface area contributed by atoms with E-state index in [0.29, 0.717) is 23.9 Å². The van der Waals surface area contributed by atoms with E-state index in [9.17, 15) is 4.79 Å². The molecule has 1 saturated carbocycles. The molecule has 1 fully saturated rings. The monoisotopic (exact) mass is 281 g/mol. The molecule has 0 spiro atoms. The summed E-state index contributed by atoms with van der Waals surface area (Å²) in [5, 5.41) is 0. The molecule has 0 aromatic carbocycles. The van der Waals surface area contributed by atoms with Crippen molar-refractivity contribution in [3.05, 3.63) is 0 Å². The highest BCUT2D eigenvalue weighted by atomic mass is 16.2. The summed E-state index contributed by atoms with van der Waals surface area (Å²) in [6.45, 7) is 8.88. The minimum Gasteiger partial charge on any atom is -0.337 e. The van der Waals surface area contributed by atoms with Crippen LogP contribution in [0.4, 0.5) is 0 Å². The molecular weight excluding hydrogens is 246 g/mol. The lowest BCUT2D eigenvalue weighted by Crippen LogP contribution is -2.45. The Morgan fingerprint density at radius 2 is 1.75 bits per heavy atom. The van der Waals surface area contributed by atoms with Gasteiger partial charge in [0.2, 0.25) is 5.91 Å². The zero-order valence-electron chi connectivity index (χ0n) is 14.2. The molecule has 0 N–H and O–H groups in total. The summed E-state index contributed by atoms with van der Waals surface area (Å²) >= 11 is 0. The average Bonchev–Trinajstić information content (AvgIpc) is 2.43. The quantitative estimate of drug-likeness (QED) is 0.601. The highest BCUT2D eigenvalue weighted by Crippen LogP contribution is 2.25. The lowest BCUT2D eigenvalue weighted by molar-refractivity contribution is -0.136. The van der Waals surface area contributed by atoms with Crippen molar-refractivity contribution in [3.8, 4) is 0 Å². The molecule has 0 radical (unpaired) electrons. The van der Waals surface area contributed by atoms with Crippen molar-refractivity contribution in [2.24, 2.45) is 5.92 Å². The van der Waals surface area contributed by atoms with Crippen molar-refractivity contribution < 1.29 is 4.79 Å². The Kier molecular flexibility index (Phi) is 8.25. The first-order valence-electron chi connectivity index (χ1n) is 8.87. The highest BCUT2D eigenvalue weighted by Gasteiger charge is 2.27. The summed E-state index contributed by atoms with van der Waals surface area (Å²) < 4.78 is 0. The van der Waals surface area contributed by atoms with Gasteiger partial charge in [-0.3, -0.25) is 4.79 Å². The minimum absolute atomic E-state index is 0.358. The van der Waals surface area contributed by atoms with Gasteiger partial charge in [-0.15, -0.1) is 0 Å². The van der Waals surface area contributed by atoms with Crippen LogP contribution < -0.4 is 0 Å². The molecular formula is C18H35NO. The zero-order valence-corrected chi connectivity index (χ0v) is 14.2. The molecule has 2 heteroatoms. The summed E-state index contributed by atoms with van der Waals surface area (Å²) in [5.74, 6) is 1.09. The highest BCUT2D eigenvalue weighted by molar-refractivity contribution is 5.76. The van der Waals surface area contributed by atoms with E-state index in [1.54, 1.807) is 0 Å². The second-order valence-electron chi connectivity index (χ2n) is 6.97. The number of unbranched alkanes of at least 4 members (excludes halogenated alkanes) is 1. The second kappa shape index (κ2) is 9.41. The van der Waals surface area contributed by atoms with Crippen molar-refractivity contribution in [1.82, 2.24) is 4.90 Å². The smallest absolute Gasteiger partial charge is 0.223 e. The van der Waals surface area contributed by atoms with Gasteiger partial charge in [0, 0.05) is 18.5 Å². The summed E-state index contributed by atoms with van der Waals surface area (Å²) in [6.07, 6.45) is 12.0. The predicted molar refractivity (Wildman–Crippen MR) is 86.8 cm³/mol. The molecule has 0 bridgehead atoms. The van der Waals surface area contributed by atoms with Gasteiger partial charge in [0.05, 0.1) is 0 Å². The summed E-state index contributed by atoms with van der Waals surface area (Å²) in [7, 11) is 0. The first kappa shape index (κ1) is 17.5. The Labute approximate surface area is 126 Å². The lowest BCUT2D eigenvalue weighted by atomic mass is 9.92.